The van der Waals surface area contributed by atoms with Gasteiger partial charge in [0.05, 0.1) is 4.88 Å². The van der Waals surface area contributed by atoms with Gasteiger partial charge in [-0.05, 0) is 49.7 Å². The Hall–Kier alpha value is -0.830. The number of fused-ring (bicyclic) bond motifs is 1. The second-order valence-corrected chi connectivity index (χ2v) is 7.25. The van der Waals surface area contributed by atoms with E-state index in [4.69, 9.17) is 0 Å². The Bertz CT molecular complexity index is 457. The number of carbonyl (C=O) groups excluding carboxylic acids is 1. The van der Waals surface area contributed by atoms with Crippen molar-refractivity contribution in [2.45, 2.75) is 51.9 Å². The second-order valence-electron chi connectivity index (χ2n) is 6.11. The predicted molar refractivity (Wildman–Crippen MR) is 79.9 cm³/mol. The number of likely N-dealkylation sites (tertiary alicyclic amines) is 1. The number of amides is 1. The zero-order valence-electron chi connectivity index (χ0n) is 11.8. The van der Waals surface area contributed by atoms with Crippen molar-refractivity contribution >= 4 is 17.2 Å². The fraction of sp³-hybridized carbons (Fsp3) is 0.688. The van der Waals surface area contributed by atoms with Crippen molar-refractivity contribution in [3.63, 3.8) is 0 Å². The lowest BCUT2D eigenvalue weighted by Gasteiger charge is -2.19. The van der Waals surface area contributed by atoms with Crippen LogP contribution >= 0.6 is 11.3 Å². The van der Waals surface area contributed by atoms with Gasteiger partial charge in [-0.3, -0.25) is 4.79 Å². The Kier molecular flexibility index (Phi) is 3.92. The van der Waals surface area contributed by atoms with Gasteiger partial charge < -0.3 is 4.90 Å². The van der Waals surface area contributed by atoms with E-state index in [2.05, 4.69) is 17.9 Å². The lowest BCUT2D eigenvalue weighted by Crippen LogP contribution is -2.31. The second kappa shape index (κ2) is 5.66. The molecule has 3 heteroatoms. The predicted octanol–water partition coefficient (Wildman–Crippen LogP) is 3.89. The maximum absolute atomic E-state index is 12.6. The molecule has 0 bridgehead atoms. The molecular formula is C16H23NOS. The molecule has 1 aliphatic heterocycles. The fourth-order valence-electron chi connectivity index (χ4n) is 3.24. The van der Waals surface area contributed by atoms with Gasteiger partial charge >= 0.3 is 0 Å². The third-order valence-corrected chi connectivity index (χ3v) is 5.66. The number of hydrogen-bond acceptors (Lipinski definition) is 2. The highest BCUT2D eigenvalue weighted by molar-refractivity contribution is 7.14. The van der Waals surface area contributed by atoms with Crippen molar-refractivity contribution in [3.05, 3.63) is 21.4 Å². The van der Waals surface area contributed by atoms with Crippen LogP contribution in [-0.2, 0) is 12.8 Å². The molecule has 19 heavy (non-hydrogen) atoms. The third kappa shape index (κ3) is 2.86. The molecule has 1 saturated heterocycles. The molecule has 1 fully saturated rings. The molecule has 1 aromatic heterocycles. The van der Waals surface area contributed by atoms with Crippen LogP contribution in [0.1, 0.15) is 59.1 Å². The summed E-state index contributed by atoms with van der Waals surface area (Å²) in [6.07, 6.45) is 8.53. The van der Waals surface area contributed by atoms with Gasteiger partial charge in [-0.25, -0.2) is 0 Å². The van der Waals surface area contributed by atoms with Gasteiger partial charge in [0.2, 0.25) is 0 Å². The number of hydrogen-bond donors (Lipinski definition) is 0. The summed E-state index contributed by atoms with van der Waals surface area (Å²) >= 11 is 1.75. The molecule has 0 saturated carbocycles. The lowest BCUT2D eigenvalue weighted by molar-refractivity contribution is 0.0766. The summed E-state index contributed by atoms with van der Waals surface area (Å²) in [5.74, 6) is 1.07. The maximum Gasteiger partial charge on any atom is 0.263 e. The highest BCUT2D eigenvalue weighted by Crippen LogP contribution is 2.33. The van der Waals surface area contributed by atoms with Gasteiger partial charge in [-0.1, -0.05) is 19.8 Å². The molecule has 104 valence electrons. The van der Waals surface area contributed by atoms with Gasteiger partial charge in [-0.15, -0.1) is 11.3 Å². The Balaban J connectivity index is 1.76. The van der Waals surface area contributed by atoms with Crippen LogP contribution in [0.2, 0.25) is 0 Å². The first-order chi connectivity index (χ1) is 9.24. The molecular weight excluding hydrogens is 254 g/mol. The molecule has 2 aliphatic rings. The monoisotopic (exact) mass is 277 g/mol. The first kappa shape index (κ1) is 13.2. The highest BCUT2D eigenvalue weighted by atomic mass is 32.1. The van der Waals surface area contributed by atoms with E-state index in [0.717, 1.165) is 23.9 Å². The molecule has 1 unspecified atom stereocenters. The number of thiophene rings is 1. The van der Waals surface area contributed by atoms with Crippen molar-refractivity contribution < 1.29 is 4.79 Å². The average Bonchev–Trinajstić information content (AvgIpc) is 2.64. The van der Waals surface area contributed by atoms with E-state index in [1.165, 1.54) is 55.4 Å². The number of aryl methyl sites for hydroxylation is 1. The largest absolute Gasteiger partial charge is 0.338 e. The van der Waals surface area contributed by atoms with Crippen LogP contribution in [0.25, 0.3) is 0 Å². The Morgan fingerprint density at radius 2 is 2.00 bits per heavy atom. The molecule has 2 heterocycles. The summed E-state index contributed by atoms with van der Waals surface area (Å²) < 4.78 is 0. The molecule has 1 atom stereocenters. The van der Waals surface area contributed by atoms with Crippen LogP contribution in [0.5, 0.6) is 0 Å². The summed E-state index contributed by atoms with van der Waals surface area (Å²) in [6, 6.07) is 2.18. The smallest absolute Gasteiger partial charge is 0.263 e. The molecule has 0 spiro atoms. The molecule has 0 radical (unpaired) electrons. The standard InChI is InChI=1S/C16H23NOS/c1-12-6-7-14-13(10-12)11-15(19-14)16(18)17-8-4-2-3-5-9-17/h11-12H,2-10H2,1H3. The van der Waals surface area contributed by atoms with Crippen molar-refractivity contribution in [1.29, 1.82) is 0 Å². The molecule has 1 aliphatic carbocycles. The lowest BCUT2D eigenvalue weighted by atomic mass is 9.90. The minimum atomic E-state index is 0.286. The van der Waals surface area contributed by atoms with Gasteiger partial charge in [0, 0.05) is 18.0 Å². The minimum absolute atomic E-state index is 0.286. The summed E-state index contributed by atoms with van der Waals surface area (Å²) in [6.45, 7) is 4.23. The van der Waals surface area contributed by atoms with Crippen LogP contribution in [0.3, 0.4) is 0 Å². The van der Waals surface area contributed by atoms with Crippen molar-refractivity contribution in [2.75, 3.05) is 13.1 Å². The molecule has 1 amide bonds. The van der Waals surface area contributed by atoms with E-state index in [0.29, 0.717) is 0 Å². The molecule has 1 aromatic rings. The molecule has 0 N–H and O–H groups in total. The van der Waals surface area contributed by atoms with Crippen molar-refractivity contribution in [2.24, 2.45) is 5.92 Å². The van der Waals surface area contributed by atoms with E-state index in [-0.39, 0.29) is 5.91 Å². The Morgan fingerprint density at radius 1 is 1.26 bits per heavy atom. The molecule has 2 nitrogen and oxygen atoms in total. The maximum atomic E-state index is 12.6. The molecule has 0 aromatic carbocycles. The van der Waals surface area contributed by atoms with Crippen LogP contribution in [-0.4, -0.2) is 23.9 Å². The number of rotatable bonds is 1. The first-order valence-electron chi connectivity index (χ1n) is 7.65. The SMILES string of the molecule is CC1CCc2sc(C(=O)N3CCCCCC3)cc2C1. The summed E-state index contributed by atoms with van der Waals surface area (Å²) in [7, 11) is 0. The van der Waals surface area contributed by atoms with Crippen LogP contribution in [0, 0.1) is 5.92 Å². The number of nitrogens with zero attached hydrogens (tertiary/aromatic N) is 1. The van der Waals surface area contributed by atoms with Gasteiger partial charge in [0.1, 0.15) is 0 Å². The van der Waals surface area contributed by atoms with E-state index in [9.17, 15) is 4.79 Å². The highest BCUT2D eigenvalue weighted by Gasteiger charge is 2.23. The van der Waals surface area contributed by atoms with E-state index < -0.39 is 0 Å². The zero-order valence-corrected chi connectivity index (χ0v) is 12.6. The summed E-state index contributed by atoms with van der Waals surface area (Å²) in [5.41, 5.74) is 1.45. The molecule has 3 rings (SSSR count). The number of carbonyl (C=O) groups is 1. The van der Waals surface area contributed by atoms with Crippen LogP contribution in [0.4, 0.5) is 0 Å². The Labute approximate surface area is 119 Å². The van der Waals surface area contributed by atoms with E-state index >= 15 is 0 Å². The average molecular weight is 277 g/mol. The normalized spacial score (nSPS) is 23.8. The van der Waals surface area contributed by atoms with Gasteiger partial charge in [-0.2, -0.15) is 0 Å². The van der Waals surface area contributed by atoms with E-state index in [1.54, 1.807) is 11.3 Å². The summed E-state index contributed by atoms with van der Waals surface area (Å²) in [4.78, 5) is 17.1. The van der Waals surface area contributed by atoms with E-state index in [1.807, 2.05) is 0 Å². The van der Waals surface area contributed by atoms with Crippen LogP contribution in [0.15, 0.2) is 6.07 Å². The fourth-order valence-corrected chi connectivity index (χ4v) is 4.42. The minimum Gasteiger partial charge on any atom is -0.338 e. The van der Waals surface area contributed by atoms with Gasteiger partial charge in [0.25, 0.3) is 5.91 Å². The first-order valence-corrected chi connectivity index (χ1v) is 8.46. The third-order valence-electron chi connectivity index (χ3n) is 4.43. The Morgan fingerprint density at radius 3 is 2.74 bits per heavy atom. The van der Waals surface area contributed by atoms with Crippen molar-refractivity contribution in [1.82, 2.24) is 4.90 Å². The zero-order chi connectivity index (χ0) is 13.2. The van der Waals surface area contributed by atoms with Crippen LogP contribution < -0.4 is 0 Å². The van der Waals surface area contributed by atoms with Gasteiger partial charge in [0.15, 0.2) is 0 Å². The summed E-state index contributed by atoms with van der Waals surface area (Å²) in [5, 5.41) is 0. The topological polar surface area (TPSA) is 20.3 Å². The quantitative estimate of drug-likeness (QED) is 0.762. The van der Waals surface area contributed by atoms with Crippen molar-refractivity contribution in [3.8, 4) is 0 Å².